The van der Waals surface area contributed by atoms with Crippen molar-refractivity contribution >= 4 is 11.6 Å². The summed E-state index contributed by atoms with van der Waals surface area (Å²) in [6, 6.07) is 7.51. The fourth-order valence-corrected chi connectivity index (χ4v) is 3.25. The summed E-state index contributed by atoms with van der Waals surface area (Å²) >= 11 is 0. The number of ether oxygens (including phenoxy) is 2. The van der Waals surface area contributed by atoms with Crippen molar-refractivity contribution in [3.05, 3.63) is 24.3 Å². The number of anilines is 1. The summed E-state index contributed by atoms with van der Waals surface area (Å²) in [4.78, 5) is 12.9. The Morgan fingerprint density at radius 2 is 2.04 bits per heavy atom. The number of carbonyl (C=O) groups is 1. The van der Waals surface area contributed by atoms with Gasteiger partial charge in [-0.05, 0) is 62.8 Å². The zero-order valence-corrected chi connectivity index (χ0v) is 14.6. The molecule has 0 saturated heterocycles. The van der Waals surface area contributed by atoms with Crippen LogP contribution in [0.4, 0.5) is 5.69 Å². The van der Waals surface area contributed by atoms with Gasteiger partial charge in [-0.25, -0.2) is 0 Å². The lowest BCUT2D eigenvalue weighted by Crippen LogP contribution is -2.48. The van der Waals surface area contributed by atoms with Gasteiger partial charge in [-0.2, -0.15) is 0 Å². The van der Waals surface area contributed by atoms with Crippen LogP contribution in [0.3, 0.4) is 0 Å². The normalized spacial score (nSPS) is 24.2. The van der Waals surface area contributed by atoms with E-state index in [1.807, 2.05) is 31.2 Å². The molecule has 128 valence electrons. The molecule has 1 aromatic carbocycles. The summed E-state index contributed by atoms with van der Waals surface area (Å²) in [5.74, 6) is 1.32. The smallest absolute Gasteiger partial charge is 0.256 e. The minimum Gasteiger partial charge on any atom is -0.494 e. The Morgan fingerprint density at radius 1 is 1.30 bits per heavy atom. The van der Waals surface area contributed by atoms with E-state index >= 15 is 0 Å². The zero-order chi connectivity index (χ0) is 16.7. The molecule has 1 saturated carbocycles. The van der Waals surface area contributed by atoms with E-state index in [-0.39, 0.29) is 5.91 Å². The highest BCUT2D eigenvalue weighted by molar-refractivity contribution is 5.97. The number of nitrogens with one attached hydrogen (secondary N) is 1. The van der Waals surface area contributed by atoms with Crippen molar-refractivity contribution in [2.24, 2.45) is 5.92 Å². The van der Waals surface area contributed by atoms with Crippen molar-refractivity contribution in [2.45, 2.75) is 58.5 Å². The molecule has 4 nitrogen and oxygen atoms in total. The standard InChI is InChI=1S/C19H29NO3/c1-4-13-23-19(12-6-7-15(3)14-19)18(21)20-16-8-10-17(11-9-16)22-5-2/h8-11,15H,4-7,12-14H2,1-3H3,(H,20,21)/t15-,19-/m0/s1. The van der Waals surface area contributed by atoms with Crippen molar-refractivity contribution in [1.29, 1.82) is 0 Å². The summed E-state index contributed by atoms with van der Waals surface area (Å²) in [6.45, 7) is 7.49. The number of amides is 1. The summed E-state index contributed by atoms with van der Waals surface area (Å²) in [7, 11) is 0. The van der Waals surface area contributed by atoms with Gasteiger partial charge in [0.15, 0.2) is 0 Å². The average Bonchev–Trinajstić information content (AvgIpc) is 2.55. The van der Waals surface area contributed by atoms with E-state index in [0.717, 1.165) is 37.1 Å². The molecule has 1 aliphatic carbocycles. The highest BCUT2D eigenvalue weighted by Crippen LogP contribution is 2.36. The van der Waals surface area contributed by atoms with Gasteiger partial charge in [0, 0.05) is 12.3 Å². The molecule has 1 amide bonds. The Bertz CT molecular complexity index is 500. The molecule has 4 heteroatoms. The van der Waals surface area contributed by atoms with Gasteiger partial charge in [0.2, 0.25) is 0 Å². The first-order valence-electron chi connectivity index (χ1n) is 8.78. The number of carbonyl (C=O) groups excluding carboxylic acids is 1. The van der Waals surface area contributed by atoms with Crippen LogP contribution in [0.5, 0.6) is 5.75 Å². The molecule has 0 aliphatic heterocycles. The number of rotatable bonds is 7. The molecule has 0 heterocycles. The van der Waals surface area contributed by atoms with Crippen LogP contribution in [0, 0.1) is 5.92 Å². The Hall–Kier alpha value is -1.55. The van der Waals surface area contributed by atoms with Gasteiger partial charge in [-0.15, -0.1) is 0 Å². The van der Waals surface area contributed by atoms with E-state index in [1.165, 1.54) is 6.42 Å². The SMILES string of the molecule is CCCO[C@@]1(C(=O)Nc2ccc(OCC)cc2)CCC[C@H](C)C1. The first-order valence-corrected chi connectivity index (χ1v) is 8.78. The lowest BCUT2D eigenvalue weighted by molar-refractivity contribution is -0.148. The molecule has 23 heavy (non-hydrogen) atoms. The summed E-state index contributed by atoms with van der Waals surface area (Å²) < 4.78 is 11.5. The third-order valence-corrected chi connectivity index (χ3v) is 4.38. The minimum absolute atomic E-state index is 0.0124. The molecule has 0 bridgehead atoms. The molecule has 0 spiro atoms. The van der Waals surface area contributed by atoms with Crippen molar-refractivity contribution in [1.82, 2.24) is 0 Å². The zero-order valence-electron chi connectivity index (χ0n) is 14.6. The number of hydrogen-bond acceptors (Lipinski definition) is 3. The van der Waals surface area contributed by atoms with E-state index in [0.29, 0.717) is 19.1 Å². The first-order chi connectivity index (χ1) is 11.1. The fourth-order valence-electron chi connectivity index (χ4n) is 3.25. The van der Waals surface area contributed by atoms with Gasteiger partial charge in [-0.1, -0.05) is 20.3 Å². The van der Waals surface area contributed by atoms with Crippen LogP contribution in [0.1, 0.15) is 52.9 Å². The van der Waals surface area contributed by atoms with E-state index in [9.17, 15) is 4.79 Å². The molecule has 2 rings (SSSR count). The first kappa shape index (κ1) is 17.8. The topological polar surface area (TPSA) is 47.6 Å². The van der Waals surface area contributed by atoms with Crippen LogP contribution in [-0.2, 0) is 9.53 Å². The quantitative estimate of drug-likeness (QED) is 0.810. The van der Waals surface area contributed by atoms with Crippen molar-refractivity contribution in [2.75, 3.05) is 18.5 Å². The van der Waals surface area contributed by atoms with Crippen LogP contribution < -0.4 is 10.1 Å². The van der Waals surface area contributed by atoms with Crippen LogP contribution in [0.15, 0.2) is 24.3 Å². The highest BCUT2D eigenvalue weighted by atomic mass is 16.5. The lowest BCUT2D eigenvalue weighted by Gasteiger charge is -2.38. The fraction of sp³-hybridized carbons (Fsp3) is 0.632. The largest absolute Gasteiger partial charge is 0.494 e. The Kier molecular flexibility index (Phi) is 6.46. The third-order valence-electron chi connectivity index (χ3n) is 4.38. The van der Waals surface area contributed by atoms with Gasteiger partial charge < -0.3 is 14.8 Å². The second-order valence-electron chi connectivity index (χ2n) is 6.46. The van der Waals surface area contributed by atoms with Gasteiger partial charge in [0.05, 0.1) is 6.61 Å². The van der Waals surface area contributed by atoms with E-state index in [4.69, 9.17) is 9.47 Å². The maximum atomic E-state index is 12.9. The summed E-state index contributed by atoms with van der Waals surface area (Å²) in [5.41, 5.74) is 0.114. The molecule has 1 aliphatic rings. The molecule has 0 radical (unpaired) electrons. The predicted molar refractivity (Wildman–Crippen MR) is 92.8 cm³/mol. The van der Waals surface area contributed by atoms with Crippen molar-refractivity contribution in [3.8, 4) is 5.75 Å². The van der Waals surface area contributed by atoms with Crippen LogP contribution in [0.25, 0.3) is 0 Å². The number of hydrogen-bond donors (Lipinski definition) is 1. The lowest BCUT2D eigenvalue weighted by atomic mass is 9.78. The van der Waals surface area contributed by atoms with Gasteiger partial charge in [0.25, 0.3) is 5.91 Å². The Balaban J connectivity index is 2.07. The summed E-state index contributed by atoms with van der Waals surface area (Å²) in [6.07, 6.45) is 4.75. The second kappa shape index (κ2) is 8.34. The summed E-state index contributed by atoms with van der Waals surface area (Å²) in [5, 5.41) is 3.03. The molecule has 0 aromatic heterocycles. The predicted octanol–water partition coefficient (Wildman–Crippen LogP) is 4.40. The minimum atomic E-state index is -0.674. The molecule has 1 fully saturated rings. The number of benzene rings is 1. The molecule has 2 atom stereocenters. The van der Waals surface area contributed by atoms with Gasteiger partial charge >= 0.3 is 0 Å². The second-order valence-corrected chi connectivity index (χ2v) is 6.46. The molecule has 1 N–H and O–H groups in total. The van der Waals surface area contributed by atoms with E-state index < -0.39 is 5.60 Å². The van der Waals surface area contributed by atoms with Crippen molar-refractivity contribution < 1.29 is 14.3 Å². The third kappa shape index (κ3) is 4.71. The van der Waals surface area contributed by atoms with Gasteiger partial charge in [0.1, 0.15) is 11.4 Å². The van der Waals surface area contributed by atoms with Gasteiger partial charge in [-0.3, -0.25) is 4.79 Å². The molecular formula is C19H29NO3. The maximum Gasteiger partial charge on any atom is 0.256 e. The Morgan fingerprint density at radius 3 is 2.65 bits per heavy atom. The van der Waals surface area contributed by atoms with E-state index in [2.05, 4.69) is 19.2 Å². The van der Waals surface area contributed by atoms with Crippen LogP contribution >= 0.6 is 0 Å². The molecular weight excluding hydrogens is 290 g/mol. The average molecular weight is 319 g/mol. The maximum absolute atomic E-state index is 12.9. The molecule has 1 aromatic rings. The Labute approximate surface area is 139 Å². The monoisotopic (exact) mass is 319 g/mol. The molecule has 0 unspecified atom stereocenters. The highest BCUT2D eigenvalue weighted by Gasteiger charge is 2.42. The van der Waals surface area contributed by atoms with Crippen LogP contribution in [-0.4, -0.2) is 24.7 Å². The van der Waals surface area contributed by atoms with Crippen LogP contribution in [0.2, 0.25) is 0 Å². The van der Waals surface area contributed by atoms with E-state index in [1.54, 1.807) is 0 Å². The van der Waals surface area contributed by atoms with Crippen molar-refractivity contribution in [3.63, 3.8) is 0 Å².